The minimum absolute atomic E-state index is 0.870. The first-order valence-corrected chi connectivity index (χ1v) is 5.06. The van der Waals surface area contributed by atoms with Gasteiger partial charge in [0.25, 0.3) is 0 Å². The summed E-state index contributed by atoms with van der Waals surface area (Å²) < 4.78 is 7.30. The van der Waals surface area contributed by atoms with Gasteiger partial charge in [-0.05, 0) is 28.1 Å². The Balaban J connectivity index is 2.83. The van der Waals surface area contributed by atoms with Crippen molar-refractivity contribution in [1.82, 2.24) is 4.98 Å². The van der Waals surface area contributed by atoms with Gasteiger partial charge in [0.15, 0.2) is 5.75 Å². The summed E-state index contributed by atoms with van der Waals surface area (Å²) in [6, 6.07) is 3.92. The zero-order valence-electron chi connectivity index (χ0n) is 6.37. The molecule has 0 N–H and O–H groups in total. The summed E-state index contributed by atoms with van der Waals surface area (Å²) in [7, 11) is 1.67. The molecule has 1 aromatic heterocycles. The maximum Gasteiger partial charge on any atom is 0.152 e. The van der Waals surface area contributed by atoms with Crippen LogP contribution < -0.4 is 4.74 Å². The average Bonchev–Trinajstić information content (AvgIpc) is 2.52. The van der Waals surface area contributed by atoms with Crippen molar-refractivity contribution in [2.24, 2.45) is 0 Å². The highest BCUT2D eigenvalue weighted by atomic mass is 79.9. The van der Waals surface area contributed by atoms with Gasteiger partial charge in [-0.25, -0.2) is 4.98 Å². The fraction of sp³-hybridized carbons (Fsp3) is 0.125. The van der Waals surface area contributed by atoms with E-state index in [0.29, 0.717) is 0 Å². The lowest BCUT2D eigenvalue weighted by molar-refractivity contribution is 0.418. The summed E-state index contributed by atoms with van der Waals surface area (Å²) in [6.07, 6.45) is 0. The fourth-order valence-electron chi connectivity index (χ4n) is 1.07. The van der Waals surface area contributed by atoms with Crippen LogP contribution in [-0.4, -0.2) is 12.1 Å². The summed E-state index contributed by atoms with van der Waals surface area (Å²) in [4.78, 5) is 4.19. The number of fused-ring (bicyclic) bond motifs is 1. The normalized spacial score (nSPS) is 10.5. The van der Waals surface area contributed by atoms with Crippen molar-refractivity contribution in [3.8, 4) is 5.75 Å². The quantitative estimate of drug-likeness (QED) is 0.769. The molecule has 0 unspecified atom stereocenters. The van der Waals surface area contributed by atoms with E-state index >= 15 is 0 Å². The molecule has 0 saturated heterocycles. The van der Waals surface area contributed by atoms with Gasteiger partial charge in [-0.1, -0.05) is 0 Å². The molecule has 0 aliphatic rings. The highest BCUT2D eigenvalue weighted by Gasteiger charge is 2.07. The number of hydrogen-bond donors (Lipinski definition) is 0. The lowest BCUT2D eigenvalue weighted by Gasteiger charge is -2.02. The first kappa shape index (κ1) is 8.01. The van der Waals surface area contributed by atoms with E-state index in [0.717, 1.165) is 20.4 Å². The molecular formula is C8H6BrNOS. The molecule has 0 aliphatic heterocycles. The van der Waals surface area contributed by atoms with E-state index in [2.05, 4.69) is 20.9 Å². The SMILES string of the molecule is COc1c(Br)ccc2ncsc12. The smallest absolute Gasteiger partial charge is 0.152 e. The Kier molecular flexibility index (Phi) is 2.02. The molecule has 0 aliphatic carbocycles. The van der Waals surface area contributed by atoms with E-state index in [1.807, 2.05) is 17.6 Å². The van der Waals surface area contributed by atoms with Crippen LogP contribution >= 0.6 is 27.3 Å². The predicted octanol–water partition coefficient (Wildman–Crippen LogP) is 3.07. The lowest BCUT2D eigenvalue weighted by atomic mass is 10.3. The molecule has 0 radical (unpaired) electrons. The molecular weight excluding hydrogens is 238 g/mol. The van der Waals surface area contributed by atoms with Gasteiger partial charge in [0, 0.05) is 0 Å². The Labute approximate surface area is 82.3 Å². The first-order valence-electron chi connectivity index (χ1n) is 3.38. The van der Waals surface area contributed by atoms with Crippen LogP contribution in [0.5, 0.6) is 5.75 Å². The molecule has 2 aromatic rings. The molecule has 0 amide bonds. The zero-order chi connectivity index (χ0) is 8.55. The highest BCUT2D eigenvalue weighted by molar-refractivity contribution is 9.10. The third-order valence-electron chi connectivity index (χ3n) is 1.61. The number of thiazole rings is 1. The van der Waals surface area contributed by atoms with Crippen molar-refractivity contribution in [2.75, 3.05) is 7.11 Å². The van der Waals surface area contributed by atoms with Crippen molar-refractivity contribution in [3.05, 3.63) is 22.1 Å². The summed E-state index contributed by atoms with van der Waals surface area (Å²) in [5.41, 5.74) is 2.81. The Hall–Kier alpha value is -0.610. The average molecular weight is 244 g/mol. The predicted molar refractivity (Wildman–Crippen MR) is 53.9 cm³/mol. The molecule has 0 fully saturated rings. The number of methoxy groups -OCH3 is 1. The van der Waals surface area contributed by atoms with Gasteiger partial charge in [0.2, 0.25) is 0 Å². The van der Waals surface area contributed by atoms with Crippen molar-refractivity contribution >= 4 is 37.5 Å². The third kappa shape index (κ3) is 1.11. The second kappa shape index (κ2) is 3.03. The largest absolute Gasteiger partial charge is 0.494 e. The molecule has 0 saturated carbocycles. The van der Waals surface area contributed by atoms with Crippen LogP contribution in [-0.2, 0) is 0 Å². The van der Waals surface area contributed by atoms with Crippen molar-refractivity contribution < 1.29 is 4.74 Å². The molecule has 12 heavy (non-hydrogen) atoms. The molecule has 0 spiro atoms. The molecule has 62 valence electrons. The minimum atomic E-state index is 0.870. The standard InChI is InChI=1S/C8H6BrNOS/c1-11-7-5(9)2-3-6-8(7)12-4-10-6/h2-4H,1H3. The van der Waals surface area contributed by atoms with Crippen molar-refractivity contribution in [2.45, 2.75) is 0 Å². The minimum Gasteiger partial charge on any atom is -0.494 e. The number of halogens is 1. The second-order valence-corrected chi connectivity index (χ2v) is 3.99. The molecule has 2 nitrogen and oxygen atoms in total. The Morgan fingerprint density at radius 2 is 2.33 bits per heavy atom. The van der Waals surface area contributed by atoms with Crippen LogP contribution in [0.1, 0.15) is 0 Å². The maximum absolute atomic E-state index is 5.24. The highest BCUT2D eigenvalue weighted by Crippen LogP contribution is 2.35. The van der Waals surface area contributed by atoms with Crippen LogP contribution in [0.4, 0.5) is 0 Å². The molecule has 4 heteroatoms. The molecule has 0 atom stereocenters. The number of ether oxygens (including phenoxy) is 1. The maximum atomic E-state index is 5.24. The molecule has 1 aromatic carbocycles. The summed E-state index contributed by atoms with van der Waals surface area (Å²) in [5, 5.41) is 0. The van der Waals surface area contributed by atoms with Gasteiger partial charge < -0.3 is 4.74 Å². The van der Waals surface area contributed by atoms with E-state index in [4.69, 9.17) is 4.74 Å². The Bertz CT molecular complexity index is 412. The van der Waals surface area contributed by atoms with Gasteiger partial charge in [0.1, 0.15) is 0 Å². The summed E-state index contributed by atoms with van der Waals surface area (Å²) in [5.74, 6) is 0.870. The lowest BCUT2D eigenvalue weighted by Crippen LogP contribution is -1.83. The van der Waals surface area contributed by atoms with E-state index < -0.39 is 0 Å². The molecule has 2 rings (SSSR count). The van der Waals surface area contributed by atoms with Crippen molar-refractivity contribution in [3.63, 3.8) is 0 Å². The van der Waals surface area contributed by atoms with E-state index in [1.165, 1.54) is 0 Å². The van der Waals surface area contributed by atoms with E-state index in [1.54, 1.807) is 18.4 Å². The molecule has 1 heterocycles. The summed E-state index contributed by atoms with van der Waals surface area (Å²) >= 11 is 5.00. The van der Waals surface area contributed by atoms with Gasteiger partial charge in [0.05, 0.1) is 27.3 Å². The third-order valence-corrected chi connectivity index (χ3v) is 3.08. The van der Waals surface area contributed by atoms with Crippen molar-refractivity contribution in [1.29, 1.82) is 0 Å². The number of hydrogen-bond acceptors (Lipinski definition) is 3. The van der Waals surface area contributed by atoms with Crippen LogP contribution in [0, 0.1) is 0 Å². The second-order valence-electron chi connectivity index (χ2n) is 2.28. The van der Waals surface area contributed by atoms with E-state index in [9.17, 15) is 0 Å². The first-order chi connectivity index (χ1) is 5.83. The van der Waals surface area contributed by atoms with Gasteiger partial charge in [-0.3, -0.25) is 0 Å². The van der Waals surface area contributed by atoms with Gasteiger partial charge in [-0.15, -0.1) is 11.3 Å². The van der Waals surface area contributed by atoms with Gasteiger partial charge in [-0.2, -0.15) is 0 Å². The van der Waals surface area contributed by atoms with Crippen LogP contribution in [0.2, 0.25) is 0 Å². The molecule has 0 bridgehead atoms. The zero-order valence-corrected chi connectivity index (χ0v) is 8.78. The number of aromatic nitrogens is 1. The monoisotopic (exact) mass is 243 g/mol. The van der Waals surface area contributed by atoms with Crippen LogP contribution in [0.3, 0.4) is 0 Å². The number of benzene rings is 1. The van der Waals surface area contributed by atoms with E-state index in [-0.39, 0.29) is 0 Å². The topological polar surface area (TPSA) is 22.1 Å². The van der Waals surface area contributed by atoms with Crippen LogP contribution in [0.15, 0.2) is 22.1 Å². The number of rotatable bonds is 1. The Morgan fingerprint density at radius 1 is 1.50 bits per heavy atom. The van der Waals surface area contributed by atoms with Gasteiger partial charge >= 0.3 is 0 Å². The van der Waals surface area contributed by atoms with Crippen LogP contribution in [0.25, 0.3) is 10.2 Å². The summed E-state index contributed by atoms with van der Waals surface area (Å²) in [6.45, 7) is 0. The fourth-order valence-corrected chi connectivity index (χ4v) is 2.51. The number of nitrogens with zero attached hydrogens (tertiary/aromatic N) is 1. The Morgan fingerprint density at radius 3 is 3.08 bits per heavy atom.